The molecule has 6 heteroatoms. The van der Waals surface area contributed by atoms with Gasteiger partial charge in [-0.2, -0.15) is 0 Å². The monoisotopic (exact) mass is 382 g/mol. The molecule has 27 heavy (non-hydrogen) atoms. The van der Waals surface area contributed by atoms with Gasteiger partial charge in [-0.1, -0.05) is 31.2 Å². The molecule has 1 heterocycles. The van der Waals surface area contributed by atoms with E-state index in [1.165, 1.54) is 16.9 Å². The van der Waals surface area contributed by atoms with Crippen LogP contribution in [0.3, 0.4) is 0 Å². The number of aryl methyl sites for hydroxylation is 1. The van der Waals surface area contributed by atoms with Gasteiger partial charge in [-0.15, -0.1) is 11.3 Å². The number of nitrogens with zero attached hydrogens (tertiary/aromatic N) is 1. The second-order valence-corrected chi connectivity index (χ2v) is 6.69. The fourth-order valence-corrected chi connectivity index (χ4v) is 3.21. The topological polar surface area (TPSA) is 60.5 Å². The molecule has 3 rings (SSSR count). The Hall–Kier alpha value is -2.86. The minimum atomic E-state index is -0.244. The highest BCUT2D eigenvalue weighted by atomic mass is 32.1. The maximum Gasteiger partial charge on any atom is 0.264 e. The van der Waals surface area contributed by atoms with Crippen molar-refractivity contribution in [3.63, 3.8) is 0 Å². The van der Waals surface area contributed by atoms with E-state index in [0.717, 1.165) is 23.4 Å². The molecule has 140 valence electrons. The van der Waals surface area contributed by atoms with Crippen molar-refractivity contribution in [1.82, 2.24) is 4.98 Å². The van der Waals surface area contributed by atoms with Crippen LogP contribution in [0.2, 0.25) is 0 Å². The third-order valence-corrected chi connectivity index (χ3v) is 4.67. The van der Waals surface area contributed by atoms with Crippen LogP contribution in [-0.2, 0) is 11.2 Å². The van der Waals surface area contributed by atoms with Gasteiger partial charge >= 0.3 is 0 Å². The molecule has 1 N–H and O–H groups in total. The first-order chi connectivity index (χ1) is 13.2. The van der Waals surface area contributed by atoms with Crippen molar-refractivity contribution in [1.29, 1.82) is 0 Å². The van der Waals surface area contributed by atoms with E-state index in [-0.39, 0.29) is 12.5 Å². The van der Waals surface area contributed by atoms with Crippen LogP contribution in [0.5, 0.6) is 11.5 Å². The number of nitrogens with one attached hydrogen (secondary N) is 1. The predicted molar refractivity (Wildman–Crippen MR) is 109 cm³/mol. The van der Waals surface area contributed by atoms with Crippen LogP contribution in [0.1, 0.15) is 19.4 Å². The van der Waals surface area contributed by atoms with Gasteiger partial charge in [0.05, 0.1) is 12.3 Å². The van der Waals surface area contributed by atoms with Crippen molar-refractivity contribution >= 4 is 22.4 Å². The number of benzene rings is 2. The molecule has 0 saturated heterocycles. The smallest absolute Gasteiger partial charge is 0.264 e. The lowest BCUT2D eigenvalue weighted by Crippen LogP contribution is -2.20. The first kappa shape index (κ1) is 18.9. The van der Waals surface area contributed by atoms with Crippen molar-refractivity contribution in [3.05, 3.63) is 59.5 Å². The average Bonchev–Trinajstić information content (AvgIpc) is 3.16. The van der Waals surface area contributed by atoms with Gasteiger partial charge in [-0.25, -0.2) is 4.98 Å². The van der Waals surface area contributed by atoms with Gasteiger partial charge in [0.25, 0.3) is 5.91 Å². The molecular formula is C21H22N2O3S. The van der Waals surface area contributed by atoms with Crippen molar-refractivity contribution in [2.24, 2.45) is 0 Å². The summed E-state index contributed by atoms with van der Waals surface area (Å²) in [6, 6.07) is 15.5. The summed E-state index contributed by atoms with van der Waals surface area (Å²) < 4.78 is 10.9. The predicted octanol–water partition coefficient (Wildman–Crippen LogP) is 4.79. The van der Waals surface area contributed by atoms with E-state index in [9.17, 15) is 4.79 Å². The lowest BCUT2D eigenvalue weighted by Gasteiger charge is -2.07. The number of amides is 1. The Balaban J connectivity index is 1.52. The molecule has 2 aromatic carbocycles. The number of rotatable bonds is 8. The third-order valence-electron chi connectivity index (χ3n) is 3.91. The number of thiazole rings is 1. The minimum absolute atomic E-state index is 0.0753. The van der Waals surface area contributed by atoms with Crippen LogP contribution in [0.25, 0.3) is 11.3 Å². The summed E-state index contributed by atoms with van der Waals surface area (Å²) in [6.45, 7) is 4.59. The Labute approximate surface area is 163 Å². The molecule has 3 aromatic rings. The number of aromatic nitrogens is 1. The lowest BCUT2D eigenvalue weighted by molar-refractivity contribution is -0.118. The van der Waals surface area contributed by atoms with Crippen LogP contribution in [0.15, 0.2) is 53.9 Å². The highest BCUT2D eigenvalue weighted by molar-refractivity contribution is 7.14. The second kappa shape index (κ2) is 9.19. The minimum Gasteiger partial charge on any atom is -0.494 e. The van der Waals surface area contributed by atoms with Gasteiger partial charge < -0.3 is 9.47 Å². The maximum atomic E-state index is 12.1. The molecule has 0 aliphatic heterocycles. The normalized spacial score (nSPS) is 10.4. The summed E-state index contributed by atoms with van der Waals surface area (Å²) in [5, 5.41) is 5.27. The first-order valence-electron chi connectivity index (χ1n) is 8.88. The number of carbonyl (C=O) groups is 1. The Morgan fingerprint density at radius 1 is 1.00 bits per heavy atom. The zero-order valence-corrected chi connectivity index (χ0v) is 16.2. The van der Waals surface area contributed by atoms with E-state index < -0.39 is 0 Å². The third kappa shape index (κ3) is 5.31. The molecular weight excluding hydrogens is 360 g/mol. The molecule has 0 aliphatic rings. The standard InChI is InChI=1S/C21H22N2O3S/c1-3-15-5-7-16(8-6-15)19-14-27-21(22-19)23-20(24)13-26-18-11-9-17(10-12-18)25-4-2/h5-12,14H,3-4,13H2,1-2H3,(H,22,23,24). The van der Waals surface area contributed by atoms with Crippen LogP contribution in [-0.4, -0.2) is 24.1 Å². The van der Waals surface area contributed by atoms with Gasteiger partial charge in [-0.3, -0.25) is 10.1 Å². The Morgan fingerprint density at radius 3 is 2.30 bits per heavy atom. The van der Waals surface area contributed by atoms with E-state index in [4.69, 9.17) is 9.47 Å². The maximum absolute atomic E-state index is 12.1. The molecule has 0 fully saturated rings. The number of hydrogen-bond donors (Lipinski definition) is 1. The fraction of sp³-hybridized carbons (Fsp3) is 0.238. The molecule has 0 bridgehead atoms. The first-order valence-corrected chi connectivity index (χ1v) is 9.76. The molecule has 1 amide bonds. The van der Waals surface area contributed by atoms with Gasteiger partial charge in [0.1, 0.15) is 11.5 Å². The van der Waals surface area contributed by atoms with Crippen molar-refractivity contribution in [2.45, 2.75) is 20.3 Å². The SMILES string of the molecule is CCOc1ccc(OCC(=O)Nc2nc(-c3ccc(CC)cc3)cs2)cc1. The summed E-state index contributed by atoms with van der Waals surface area (Å²) in [7, 11) is 0. The highest BCUT2D eigenvalue weighted by Crippen LogP contribution is 2.25. The van der Waals surface area contributed by atoms with E-state index in [2.05, 4.69) is 41.5 Å². The van der Waals surface area contributed by atoms with E-state index in [1.807, 2.05) is 24.4 Å². The molecule has 0 radical (unpaired) electrons. The van der Waals surface area contributed by atoms with Crippen LogP contribution in [0.4, 0.5) is 5.13 Å². The van der Waals surface area contributed by atoms with Crippen LogP contribution in [0, 0.1) is 0 Å². The van der Waals surface area contributed by atoms with Crippen molar-refractivity contribution in [3.8, 4) is 22.8 Å². The van der Waals surface area contributed by atoms with Gasteiger partial charge in [-0.05, 0) is 43.2 Å². The Kier molecular flexibility index (Phi) is 6.44. The zero-order valence-electron chi connectivity index (χ0n) is 15.4. The highest BCUT2D eigenvalue weighted by Gasteiger charge is 2.09. The molecule has 0 aliphatic carbocycles. The Morgan fingerprint density at radius 2 is 1.67 bits per heavy atom. The van der Waals surface area contributed by atoms with Gasteiger partial charge in [0.2, 0.25) is 0 Å². The summed E-state index contributed by atoms with van der Waals surface area (Å²) in [4.78, 5) is 16.6. The van der Waals surface area contributed by atoms with Crippen LogP contribution < -0.4 is 14.8 Å². The molecule has 0 atom stereocenters. The molecule has 0 spiro atoms. The molecule has 1 aromatic heterocycles. The van der Waals surface area contributed by atoms with Crippen molar-refractivity contribution < 1.29 is 14.3 Å². The summed E-state index contributed by atoms with van der Waals surface area (Å²) in [6.07, 6.45) is 1.01. The van der Waals surface area contributed by atoms with Gasteiger partial charge in [0.15, 0.2) is 11.7 Å². The summed E-state index contributed by atoms with van der Waals surface area (Å²) in [5.41, 5.74) is 3.17. The number of hydrogen-bond acceptors (Lipinski definition) is 5. The molecule has 5 nitrogen and oxygen atoms in total. The van der Waals surface area contributed by atoms with Gasteiger partial charge in [0, 0.05) is 10.9 Å². The van der Waals surface area contributed by atoms with Crippen LogP contribution >= 0.6 is 11.3 Å². The van der Waals surface area contributed by atoms with Crippen molar-refractivity contribution in [2.75, 3.05) is 18.5 Å². The second-order valence-electron chi connectivity index (χ2n) is 5.83. The number of carbonyl (C=O) groups excluding carboxylic acids is 1. The molecule has 0 unspecified atom stereocenters. The average molecular weight is 382 g/mol. The summed E-state index contributed by atoms with van der Waals surface area (Å²) >= 11 is 1.40. The zero-order chi connectivity index (χ0) is 19.1. The lowest BCUT2D eigenvalue weighted by atomic mass is 10.1. The Bertz CT molecular complexity index is 873. The largest absolute Gasteiger partial charge is 0.494 e. The fourth-order valence-electron chi connectivity index (χ4n) is 2.48. The quantitative estimate of drug-likeness (QED) is 0.609. The van der Waals surface area contributed by atoms with E-state index in [0.29, 0.717) is 17.5 Å². The number of ether oxygens (including phenoxy) is 2. The van der Waals surface area contributed by atoms with E-state index in [1.54, 1.807) is 12.1 Å². The summed E-state index contributed by atoms with van der Waals surface area (Å²) in [5.74, 6) is 1.15. The molecule has 0 saturated carbocycles. The number of anilines is 1. The van der Waals surface area contributed by atoms with E-state index >= 15 is 0 Å².